The minimum absolute atomic E-state index is 0.00440. The number of carbonyl (C=O) groups is 3. The van der Waals surface area contributed by atoms with Crippen LogP contribution in [0.3, 0.4) is 0 Å². The number of rotatable bonds is 7. The van der Waals surface area contributed by atoms with Gasteiger partial charge in [0.05, 0.1) is 12.5 Å². The first-order valence-corrected chi connectivity index (χ1v) is 6.22. The highest BCUT2D eigenvalue weighted by Gasteiger charge is 2.33. The summed E-state index contributed by atoms with van der Waals surface area (Å²) in [7, 11) is 0. The SMILES string of the molecule is CCOC(=O)[C@H](C)C[C@@H](NC(=O)C1CC1)C(N)=O. The molecule has 1 aliphatic rings. The summed E-state index contributed by atoms with van der Waals surface area (Å²) in [5.74, 6) is -1.63. The van der Waals surface area contributed by atoms with Gasteiger partial charge >= 0.3 is 5.97 Å². The van der Waals surface area contributed by atoms with Crippen molar-refractivity contribution >= 4 is 17.8 Å². The molecule has 3 N–H and O–H groups in total. The lowest BCUT2D eigenvalue weighted by atomic mass is 10.0. The second-order valence-corrected chi connectivity index (χ2v) is 4.63. The summed E-state index contributed by atoms with van der Waals surface area (Å²) in [5.41, 5.74) is 5.22. The fourth-order valence-corrected chi connectivity index (χ4v) is 1.62. The highest BCUT2D eigenvalue weighted by molar-refractivity contribution is 5.89. The van der Waals surface area contributed by atoms with E-state index in [-0.39, 0.29) is 24.2 Å². The number of carbonyl (C=O) groups excluding carboxylic acids is 3. The number of hydrogen-bond acceptors (Lipinski definition) is 4. The van der Waals surface area contributed by atoms with Crippen LogP contribution in [0.15, 0.2) is 0 Å². The van der Waals surface area contributed by atoms with Crippen molar-refractivity contribution in [2.24, 2.45) is 17.6 Å². The molecule has 0 aromatic heterocycles. The Balaban J connectivity index is 2.48. The van der Waals surface area contributed by atoms with Crippen molar-refractivity contribution in [3.05, 3.63) is 0 Å². The van der Waals surface area contributed by atoms with Crippen LogP contribution in [0.4, 0.5) is 0 Å². The summed E-state index contributed by atoms with van der Waals surface area (Å²) < 4.78 is 4.85. The highest BCUT2D eigenvalue weighted by atomic mass is 16.5. The monoisotopic (exact) mass is 256 g/mol. The third-order valence-corrected chi connectivity index (χ3v) is 2.89. The van der Waals surface area contributed by atoms with Crippen LogP contribution in [0.5, 0.6) is 0 Å². The summed E-state index contributed by atoms with van der Waals surface area (Å²) in [4.78, 5) is 34.3. The van der Waals surface area contributed by atoms with Gasteiger partial charge in [0.15, 0.2) is 0 Å². The van der Waals surface area contributed by atoms with E-state index in [0.29, 0.717) is 6.61 Å². The van der Waals surface area contributed by atoms with Crippen LogP contribution < -0.4 is 11.1 Å². The third kappa shape index (κ3) is 4.35. The van der Waals surface area contributed by atoms with Crippen molar-refractivity contribution in [2.75, 3.05) is 6.61 Å². The topological polar surface area (TPSA) is 98.5 Å². The van der Waals surface area contributed by atoms with E-state index in [2.05, 4.69) is 5.32 Å². The molecule has 1 fully saturated rings. The van der Waals surface area contributed by atoms with Crippen molar-refractivity contribution in [1.29, 1.82) is 0 Å². The Morgan fingerprint density at radius 2 is 2.00 bits per heavy atom. The molecule has 0 unspecified atom stereocenters. The normalized spacial score (nSPS) is 17.7. The summed E-state index contributed by atoms with van der Waals surface area (Å²) in [6, 6.07) is -0.808. The quantitative estimate of drug-likeness (QED) is 0.624. The molecule has 0 heterocycles. The van der Waals surface area contributed by atoms with Crippen LogP contribution >= 0.6 is 0 Å². The molecule has 6 heteroatoms. The average molecular weight is 256 g/mol. The fourth-order valence-electron chi connectivity index (χ4n) is 1.62. The Morgan fingerprint density at radius 1 is 1.39 bits per heavy atom. The van der Waals surface area contributed by atoms with Gasteiger partial charge < -0.3 is 15.8 Å². The first-order chi connectivity index (χ1) is 8.45. The van der Waals surface area contributed by atoms with Gasteiger partial charge in [-0.1, -0.05) is 6.92 Å². The Hall–Kier alpha value is -1.59. The van der Waals surface area contributed by atoms with Gasteiger partial charge in [-0.05, 0) is 26.2 Å². The van der Waals surface area contributed by atoms with Crippen LogP contribution in [0.1, 0.15) is 33.1 Å². The molecule has 0 spiro atoms. The Bertz CT molecular complexity index is 339. The zero-order chi connectivity index (χ0) is 13.7. The molecule has 1 rings (SSSR count). The van der Waals surface area contributed by atoms with Crippen LogP contribution in [0.2, 0.25) is 0 Å². The maximum Gasteiger partial charge on any atom is 0.308 e. The van der Waals surface area contributed by atoms with E-state index >= 15 is 0 Å². The third-order valence-electron chi connectivity index (χ3n) is 2.89. The molecule has 0 radical (unpaired) electrons. The smallest absolute Gasteiger partial charge is 0.308 e. The molecule has 102 valence electrons. The molecule has 18 heavy (non-hydrogen) atoms. The van der Waals surface area contributed by atoms with Gasteiger partial charge in [-0.25, -0.2) is 0 Å². The van der Waals surface area contributed by atoms with Gasteiger partial charge in [0.25, 0.3) is 0 Å². The van der Waals surface area contributed by atoms with Crippen LogP contribution in [-0.4, -0.2) is 30.4 Å². The number of hydrogen-bond donors (Lipinski definition) is 2. The standard InChI is InChI=1S/C12H20N2O4/c1-3-18-12(17)7(2)6-9(10(13)15)14-11(16)8-4-5-8/h7-9H,3-6H2,1-2H3,(H2,13,15)(H,14,16)/t7-,9-/m1/s1. The zero-order valence-corrected chi connectivity index (χ0v) is 10.8. The largest absolute Gasteiger partial charge is 0.466 e. The van der Waals surface area contributed by atoms with E-state index in [1.54, 1.807) is 13.8 Å². The molecular weight excluding hydrogens is 236 g/mol. The number of primary amides is 1. The molecule has 0 bridgehead atoms. The molecule has 6 nitrogen and oxygen atoms in total. The van der Waals surface area contributed by atoms with Crippen LogP contribution in [0, 0.1) is 11.8 Å². The molecule has 0 aliphatic heterocycles. The average Bonchev–Trinajstić information content (AvgIpc) is 3.11. The Labute approximate surface area is 106 Å². The fraction of sp³-hybridized carbons (Fsp3) is 0.750. The predicted octanol–water partition coefficient (Wildman–Crippen LogP) is -0.0442. The number of nitrogens with one attached hydrogen (secondary N) is 1. The molecule has 1 saturated carbocycles. The van der Waals surface area contributed by atoms with E-state index in [1.165, 1.54) is 0 Å². The van der Waals surface area contributed by atoms with Gasteiger partial charge in [0, 0.05) is 5.92 Å². The van der Waals surface area contributed by atoms with E-state index in [0.717, 1.165) is 12.8 Å². The van der Waals surface area contributed by atoms with Gasteiger partial charge in [0.1, 0.15) is 6.04 Å². The van der Waals surface area contributed by atoms with Crippen LogP contribution in [0.25, 0.3) is 0 Å². The van der Waals surface area contributed by atoms with Gasteiger partial charge in [-0.2, -0.15) is 0 Å². The van der Waals surface area contributed by atoms with Gasteiger partial charge in [-0.15, -0.1) is 0 Å². The molecule has 0 aromatic carbocycles. The number of esters is 1. The van der Waals surface area contributed by atoms with Crippen molar-refractivity contribution in [3.8, 4) is 0 Å². The predicted molar refractivity (Wildman–Crippen MR) is 64.3 cm³/mol. The molecule has 2 atom stereocenters. The Morgan fingerprint density at radius 3 is 2.44 bits per heavy atom. The molecule has 0 aromatic rings. The second kappa shape index (κ2) is 6.37. The highest BCUT2D eigenvalue weighted by Crippen LogP contribution is 2.29. The minimum atomic E-state index is -0.808. The van der Waals surface area contributed by atoms with E-state index in [1.807, 2.05) is 0 Å². The van der Waals surface area contributed by atoms with Crippen molar-refractivity contribution in [2.45, 2.75) is 39.2 Å². The van der Waals surface area contributed by atoms with Crippen molar-refractivity contribution in [1.82, 2.24) is 5.32 Å². The summed E-state index contributed by atoms with van der Waals surface area (Å²) in [6.07, 6.45) is 1.88. The minimum Gasteiger partial charge on any atom is -0.466 e. The molecule has 1 aliphatic carbocycles. The molecular formula is C12H20N2O4. The molecule has 2 amide bonds. The van der Waals surface area contributed by atoms with Gasteiger partial charge in [0.2, 0.25) is 11.8 Å². The lowest BCUT2D eigenvalue weighted by Gasteiger charge is -2.18. The van der Waals surface area contributed by atoms with Crippen LogP contribution in [-0.2, 0) is 19.1 Å². The first-order valence-electron chi connectivity index (χ1n) is 6.22. The zero-order valence-electron chi connectivity index (χ0n) is 10.8. The van der Waals surface area contributed by atoms with Crippen molar-refractivity contribution < 1.29 is 19.1 Å². The lowest BCUT2D eigenvalue weighted by Crippen LogP contribution is -2.46. The van der Waals surface area contributed by atoms with Gasteiger partial charge in [-0.3, -0.25) is 14.4 Å². The van der Waals surface area contributed by atoms with E-state index < -0.39 is 17.9 Å². The van der Waals surface area contributed by atoms with Crippen molar-refractivity contribution in [3.63, 3.8) is 0 Å². The first kappa shape index (κ1) is 14.5. The summed E-state index contributed by atoms with van der Waals surface area (Å²) >= 11 is 0. The summed E-state index contributed by atoms with van der Waals surface area (Å²) in [6.45, 7) is 3.65. The lowest BCUT2D eigenvalue weighted by molar-refractivity contribution is -0.148. The van der Waals surface area contributed by atoms with E-state index in [4.69, 9.17) is 10.5 Å². The number of ether oxygens (including phenoxy) is 1. The summed E-state index contributed by atoms with van der Waals surface area (Å²) in [5, 5.41) is 2.59. The maximum absolute atomic E-state index is 11.6. The van der Waals surface area contributed by atoms with E-state index in [9.17, 15) is 14.4 Å². The number of amides is 2. The molecule has 0 saturated heterocycles. The number of nitrogens with two attached hydrogens (primary N) is 1. The Kier molecular flexibility index (Phi) is 5.12. The second-order valence-electron chi connectivity index (χ2n) is 4.63. The maximum atomic E-state index is 11.6.